The van der Waals surface area contributed by atoms with E-state index in [0.29, 0.717) is 7.18 Å². The molecule has 3 nitrogen and oxygen atoms in total. The predicted molar refractivity (Wildman–Crippen MR) is 61.1 cm³/mol. The number of sulfone groups is 1. The lowest BCUT2D eigenvalue weighted by Crippen LogP contribution is -2.23. The summed E-state index contributed by atoms with van der Waals surface area (Å²) in [6, 6.07) is 0. The SMILES string of the molecule is C=C(/C=C\C(=C/C)OC)S(=O)(=O)C(F)(F)F.CF. The molecule has 106 valence electrons. The Morgan fingerprint density at radius 1 is 1.22 bits per heavy atom. The molecule has 0 fully saturated rings. The molecular formula is C10H14F4O3S. The minimum Gasteiger partial charge on any atom is -0.497 e. The summed E-state index contributed by atoms with van der Waals surface area (Å²) in [7, 11) is -3.55. The zero-order valence-electron chi connectivity index (χ0n) is 10.1. The second kappa shape index (κ2) is 7.91. The van der Waals surface area contributed by atoms with Crippen LogP contribution in [0.25, 0.3) is 0 Å². The lowest BCUT2D eigenvalue weighted by molar-refractivity contribution is -0.0425. The van der Waals surface area contributed by atoms with Crippen molar-refractivity contribution in [3.63, 3.8) is 0 Å². The van der Waals surface area contributed by atoms with E-state index in [0.717, 1.165) is 12.2 Å². The minimum atomic E-state index is -5.35. The highest BCUT2D eigenvalue weighted by Gasteiger charge is 2.46. The Balaban J connectivity index is 0. The van der Waals surface area contributed by atoms with Crippen LogP contribution >= 0.6 is 0 Å². The zero-order chi connectivity index (χ0) is 15.0. The van der Waals surface area contributed by atoms with E-state index in [-0.39, 0.29) is 5.76 Å². The Kier molecular flexibility index (Phi) is 8.37. The summed E-state index contributed by atoms with van der Waals surface area (Å²) < 4.78 is 71.9. The first-order valence-electron chi connectivity index (χ1n) is 4.43. The predicted octanol–water partition coefficient (Wildman–Crippen LogP) is 3.13. The third kappa shape index (κ3) is 5.35. The van der Waals surface area contributed by atoms with E-state index in [4.69, 9.17) is 4.74 Å². The fourth-order valence-electron chi connectivity index (χ4n) is 0.695. The highest BCUT2D eigenvalue weighted by atomic mass is 32.2. The summed E-state index contributed by atoms with van der Waals surface area (Å²) in [5, 5.41) is 0. The van der Waals surface area contributed by atoms with Crippen molar-refractivity contribution >= 4 is 9.84 Å². The van der Waals surface area contributed by atoms with Crippen molar-refractivity contribution in [1.82, 2.24) is 0 Å². The minimum absolute atomic E-state index is 0.235. The molecule has 0 N–H and O–H groups in total. The van der Waals surface area contributed by atoms with Crippen molar-refractivity contribution in [3.8, 4) is 0 Å². The average molecular weight is 290 g/mol. The van der Waals surface area contributed by atoms with Gasteiger partial charge in [0.1, 0.15) is 5.76 Å². The molecule has 0 aromatic rings. The van der Waals surface area contributed by atoms with Crippen molar-refractivity contribution in [3.05, 3.63) is 35.5 Å². The van der Waals surface area contributed by atoms with E-state index in [1.165, 1.54) is 13.2 Å². The largest absolute Gasteiger partial charge is 0.501 e. The number of alkyl halides is 4. The van der Waals surface area contributed by atoms with E-state index < -0.39 is 20.3 Å². The molecule has 0 saturated carbocycles. The molecule has 0 atom stereocenters. The highest BCUT2D eigenvalue weighted by Crippen LogP contribution is 2.29. The van der Waals surface area contributed by atoms with Crippen molar-refractivity contribution in [2.45, 2.75) is 12.4 Å². The third-order valence-corrected chi connectivity index (χ3v) is 3.04. The van der Waals surface area contributed by atoms with Gasteiger partial charge in [-0.2, -0.15) is 13.2 Å². The molecule has 0 aliphatic carbocycles. The average Bonchev–Trinajstić information content (AvgIpc) is 2.31. The lowest BCUT2D eigenvalue weighted by atomic mass is 10.4. The molecule has 8 heteroatoms. The molecule has 0 radical (unpaired) electrons. The van der Waals surface area contributed by atoms with Crippen molar-refractivity contribution < 1.29 is 30.7 Å². The van der Waals surface area contributed by atoms with Crippen LogP contribution in [0.2, 0.25) is 0 Å². The smallest absolute Gasteiger partial charge is 0.497 e. The lowest BCUT2D eigenvalue weighted by Gasteiger charge is -2.07. The van der Waals surface area contributed by atoms with E-state index in [1.807, 2.05) is 0 Å². The molecule has 18 heavy (non-hydrogen) atoms. The molecular weight excluding hydrogens is 276 g/mol. The first-order valence-corrected chi connectivity index (χ1v) is 5.91. The molecule has 0 aromatic carbocycles. The van der Waals surface area contributed by atoms with Gasteiger partial charge in [-0.1, -0.05) is 6.58 Å². The van der Waals surface area contributed by atoms with Crippen LogP contribution in [0.5, 0.6) is 0 Å². The second-order valence-corrected chi connectivity index (χ2v) is 4.64. The van der Waals surface area contributed by atoms with E-state index in [1.54, 1.807) is 6.92 Å². The van der Waals surface area contributed by atoms with Gasteiger partial charge >= 0.3 is 5.51 Å². The van der Waals surface area contributed by atoms with Crippen LogP contribution < -0.4 is 0 Å². The summed E-state index contributed by atoms with van der Waals surface area (Å²) >= 11 is 0. The summed E-state index contributed by atoms with van der Waals surface area (Å²) in [6.07, 6.45) is 3.29. The second-order valence-electron chi connectivity index (χ2n) is 2.64. The Morgan fingerprint density at radius 2 is 1.67 bits per heavy atom. The number of rotatable bonds is 4. The van der Waals surface area contributed by atoms with Gasteiger partial charge in [-0.3, -0.25) is 4.39 Å². The monoisotopic (exact) mass is 290 g/mol. The number of methoxy groups -OCH3 is 1. The van der Waals surface area contributed by atoms with Crippen LogP contribution in [-0.4, -0.2) is 28.2 Å². The van der Waals surface area contributed by atoms with E-state index >= 15 is 0 Å². The Hall–Kier alpha value is -1.31. The number of hydrogen-bond acceptors (Lipinski definition) is 3. The van der Waals surface area contributed by atoms with E-state index in [2.05, 4.69) is 6.58 Å². The topological polar surface area (TPSA) is 43.4 Å². The number of ether oxygens (including phenoxy) is 1. The first kappa shape index (κ1) is 19.0. The van der Waals surface area contributed by atoms with Gasteiger partial charge in [-0.15, -0.1) is 0 Å². The fourth-order valence-corrected chi connectivity index (χ4v) is 1.24. The van der Waals surface area contributed by atoms with Gasteiger partial charge in [-0.05, 0) is 25.2 Å². The molecule has 0 rings (SSSR count). The van der Waals surface area contributed by atoms with Gasteiger partial charge in [-0.25, -0.2) is 8.42 Å². The van der Waals surface area contributed by atoms with Crippen LogP contribution in [0.15, 0.2) is 35.5 Å². The van der Waals surface area contributed by atoms with Gasteiger partial charge in [0.25, 0.3) is 9.84 Å². The van der Waals surface area contributed by atoms with Gasteiger partial charge in [0.2, 0.25) is 0 Å². The van der Waals surface area contributed by atoms with Gasteiger partial charge in [0, 0.05) is 0 Å². The van der Waals surface area contributed by atoms with Crippen molar-refractivity contribution in [2.24, 2.45) is 0 Å². The molecule has 0 aliphatic rings. The summed E-state index contributed by atoms with van der Waals surface area (Å²) in [6.45, 7) is 4.44. The number of halogens is 4. The standard InChI is InChI=1S/C9H11F3O3S.CH3F/c1-4-8(15-3)6-5-7(2)16(13,14)9(10,11)12;1-2/h4-6H,2H2,1,3H3;1H3/b6-5-,8-4+;. The number of allylic oxidation sites excluding steroid dienone is 3. The molecule has 0 amide bonds. The Bertz CT molecular complexity index is 419. The fraction of sp³-hybridized carbons (Fsp3) is 0.400. The molecule has 0 unspecified atom stereocenters. The third-order valence-electron chi connectivity index (χ3n) is 1.60. The quantitative estimate of drug-likeness (QED) is 0.454. The van der Waals surface area contributed by atoms with Crippen LogP contribution in [0.3, 0.4) is 0 Å². The summed E-state index contributed by atoms with van der Waals surface area (Å²) in [5.41, 5.74) is -5.34. The zero-order valence-corrected chi connectivity index (χ0v) is 10.9. The number of hydrogen-bond donors (Lipinski definition) is 0. The first-order chi connectivity index (χ1) is 8.16. The molecule has 0 heterocycles. The normalized spacial score (nSPS) is 12.9. The summed E-state index contributed by atoms with van der Waals surface area (Å²) in [4.78, 5) is -1.03. The Morgan fingerprint density at radius 3 is 1.94 bits per heavy atom. The van der Waals surface area contributed by atoms with Crippen LogP contribution in [0.4, 0.5) is 17.6 Å². The summed E-state index contributed by atoms with van der Waals surface area (Å²) in [5.74, 6) is 0.235. The van der Waals surface area contributed by atoms with Crippen LogP contribution in [-0.2, 0) is 14.6 Å². The molecule has 0 saturated heterocycles. The van der Waals surface area contributed by atoms with Crippen molar-refractivity contribution in [2.75, 3.05) is 14.3 Å². The molecule has 0 aromatic heterocycles. The maximum absolute atomic E-state index is 12.0. The van der Waals surface area contributed by atoms with Crippen molar-refractivity contribution in [1.29, 1.82) is 0 Å². The molecule has 0 spiro atoms. The maximum Gasteiger partial charge on any atom is 0.501 e. The molecule has 0 aliphatic heterocycles. The molecule has 0 bridgehead atoms. The van der Waals surface area contributed by atoms with E-state index in [9.17, 15) is 26.0 Å². The van der Waals surface area contributed by atoms with Gasteiger partial charge < -0.3 is 4.74 Å². The Labute approximate surface area is 103 Å². The van der Waals surface area contributed by atoms with Gasteiger partial charge in [0.15, 0.2) is 0 Å². The maximum atomic E-state index is 12.0. The van der Waals surface area contributed by atoms with Crippen LogP contribution in [0, 0.1) is 0 Å². The van der Waals surface area contributed by atoms with Crippen LogP contribution in [0.1, 0.15) is 6.92 Å². The van der Waals surface area contributed by atoms with Gasteiger partial charge in [0.05, 0.1) is 19.2 Å². The highest BCUT2D eigenvalue weighted by molar-refractivity contribution is 7.96.